The predicted octanol–water partition coefficient (Wildman–Crippen LogP) is 1.52. The van der Waals surface area contributed by atoms with Gasteiger partial charge in [0.25, 0.3) is 5.91 Å². The maximum absolute atomic E-state index is 12.6. The van der Waals surface area contributed by atoms with Crippen molar-refractivity contribution in [2.75, 3.05) is 19.7 Å². The second kappa shape index (κ2) is 6.84. The Balaban J connectivity index is 1.42. The van der Waals surface area contributed by atoms with Gasteiger partial charge in [-0.1, -0.05) is 0 Å². The Bertz CT molecular complexity index is 717. The molecule has 0 N–H and O–H groups in total. The second-order valence-electron chi connectivity index (χ2n) is 6.81. The largest absolute Gasteiger partial charge is 0.377 e. The molecule has 2 fully saturated rings. The zero-order valence-corrected chi connectivity index (χ0v) is 14.0. The molecule has 1 spiro atoms. The first kappa shape index (κ1) is 16.1. The lowest BCUT2D eigenvalue weighted by Gasteiger charge is -2.42. The van der Waals surface area contributed by atoms with Crippen LogP contribution in [0.3, 0.4) is 0 Å². The van der Waals surface area contributed by atoms with E-state index in [2.05, 4.69) is 19.9 Å². The van der Waals surface area contributed by atoms with E-state index in [1.165, 1.54) is 6.20 Å². The molecule has 0 saturated carbocycles. The molecule has 130 valence electrons. The highest BCUT2D eigenvalue weighted by Gasteiger charge is 2.46. The first-order chi connectivity index (χ1) is 12.3. The van der Waals surface area contributed by atoms with Crippen LogP contribution in [0.15, 0.2) is 37.3 Å². The van der Waals surface area contributed by atoms with Crippen LogP contribution in [0.1, 0.15) is 35.3 Å². The van der Waals surface area contributed by atoms with E-state index >= 15 is 0 Å². The summed E-state index contributed by atoms with van der Waals surface area (Å²) in [6, 6.07) is 0. The Morgan fingerprint density at radius 1 is 1.12 bits per heavy atom. The Morgan fingerprint density at radius 2 is 1.92 bits per heavy atom. The monoisotopic (exact) mass is 339 g/mol. The minimum absolute atomic E-state index is 0.0325. The fourth-order valence-electron chi connectivity index (χ4n) is 3.97. The van der Waals surface area contributed by atoms with Crippen molar-refractivity contribution in [2.45, 2.75) is 31.8 Å². The number of hydrogen-bond acceptors (Lipinski definition) is 6. The lowest BCUT2D eigenvalue weighted by Crippen LogP contribution is -2.47. The van der Waals surface area contributed by atoms with E-state index in [1.807, 2.05) is 17.3 Å². The number of rotatable bonds is 3. The van der Waals surface area contributed by atoms with Gasteiger partial charge in [0.1, 0.15) is 12.0 Å². The first-order valence-electron chi connectivity index (χ1n) is 8.68. The molecule has 0 aromatic carbocycles. The molecular weight excluding hydrogens is 318 g/mol. The minimum Gasteiger partial charge on any atom is -0.377 e. The van der Waals surface area contributed by atoms with Crippen molar-refractivity contribution in [2.24, 2.45) is 5.41 Å². The molecule has 0 unspecified atom stereocenters. The van der Waals surface area contributed by atoms with Gasteiger partial charge in [0.2, 0.25) is 0 Å². The molecule has 1 amide bonds. The van der Waals surface area contributed by atoms with E-state index in [0.29, 0.717) is 5.69 Å². The molecule has 0 radical (unpaired) electrons. The van der Waals surface area contributed by atoms with Gasteiger partial charge in [0, 0.05) is 56.3 Å². The van der Waals surface area contributed by atoms with Crippen LogP contribution in [-0.2, 0) is 11.2 Å². The number of ether oxygens (including phenoxy) is 1. The standard InChI is InChI=1S/C18H21N5O2/c24-17(15-12-19-4-5-22-15)23-6-1-18(2-7-23)3-8-25-16(18)9-14-10-20-13-21-11-14/h4-5,10-13,16H,1-3,6-9H2/t16-/m0/s1. The van der Waals surface area contributed by atoms with E-state index in [4.69, 9.17) is 4.74 Å². The zero-order chi connectivity index (χ0) is 17.1. The summed E-state index contributed by atoms with van der Waals surface area (Å²) in [6.07, 6.45) is 13.9. The molecular formula is C18H21N5O2. The highest BCUT2D eigenvalue weighted by atomic mass is 16.5. The molecule has 2 aromatic rings. The smallest absolute Gasteiger partial charge is 0.274 e. The van der Waals surface area contributed by atoms with E-state index in [-0.39, 0.29) is 17.4 Å². The molecule has 2 aliphatic heterocycles. The summed E-state index contributed by atoms with van der Waals surface area (Å²) in [5.41, 5.74) is 1.67. The Hall–Kier alpha value is -2.41. The maximum Gasteiger partial charge on any atom is 0.274 e. The summed E-state index contributed by atoms with van der Waals surface area (Å²) in [4.78, 5) is 30.7. The number of carbonyl (C=O) groups is 1. The maximum atomic E-state index is 12.6. The Morgan fingerprint density at radius 3 is 2.64 bits per heavy atom. The molecule has 25 heavy (non-hydrogen) atoms. The highest BCUT2D eigenvalue weighted by Crippen LogP contribution is 2.45. The van der Waals surface area contributed by atoms with Crippen LogP contribution < -0.4 is 0 Å². The SMILES string of the molecule is O=C(c1cnccn1)N1CCC2(CCO[C@H]2Cc2cncnc2)CC1. The molecule has 2 aromatic heterocycles. The van der Waals surface area contributed by atoms with Crippen LogP contribution in [0.4, 0.5) is 0 Å². The fraction of sp³-hybridized carbons (Fsp3) is 0.500. The van der Waals surface area contributed by atoms with Crippen molar-refractivity contribution in [3.63, 3.8) is 0 Å². The van der Waals surface area contributed by atoms with Crippen LogP contribution in [-0.4, -0.2) is 56.5 Å². The number of piperidine rings is 1. The van der Waals surface area contributed by atoms with Gasteiger partial charge in [-0.05, 0) is 24.8 Å². The van der Waals surface area contributed by atoms with Gasteiger partial charge in [-0.3, -0.25) is 9.78 Å². The topological polar surface area (TPSA) is 81.1 Å². The van der Waals surface area contributed by atoms with Crippen LogP contribution in [0.25, 0.3) is 0 Å². The van der Waals surface area contributed by atoms with Crippen molar-refractivity contribution < 1.29 is 9.53 Å². The minimum atomic E-state index is -0.0325. The summed E-state index contributed by atoms with van der Waals surface area (Å²) in [5.74, 6) is -0.0325. The van der Waals surface area contributed by atoms with Crippen molar-refractivity contribution in [3.05, 3.63) is 48.6 Å². The number of amides is 1. The average Bonchev–Trinajstić information content (AvgIpc) is 3.05. The summed E-state index contributed by atoms with van der Waals surface area (Å²) < 4.78 is 6.05. The fourth-order valence-corrected chi connectivity index (χ4v) is 3.97. The molecule has 7 nitrogen and oxygen atoms in total. The normalized spacial score (nSPS) is 22.2. The van der Waals surface area contributed by atoms with E-state index in [1.54, 1.807) is 18.7 Å². The van der Waals surface area contributed by atoms with Gasteiger partial charge >= 0.3 is 0 Å². The Labute approximate surface area is 146 Å². The number of likely N-dealkylation sites (tertiary alicyclic amines) is 1. The van der Waals surface area contributed by atoms with Gasteiger partial charge in [-0.25, -0.2) is 15.0 Å². The summed E-state index contributed by atoms with van der Waals surface area (Å²) in [5, 5.41) is 0. The van der Waals surface area contributed by atoms with E-state index in [9.17, 15) is 4.79 Å². The number of hydrogen-bond donors (Lipinski definition) is 0. The summed E-state index contributed by atoms with van der Waals surface area (Å²) >= 11 is 0. The summed E-state index contributed by atoms with van der Waals surface area (Å²) in [7, 11) is 0. The molecule has 2 saturated heterocycles. The third kappa shape index (κ3) is 3.24. The van der Waals surface area contributed by atoms with Crippen LogP contribution in [0.2, 0.25) is 0 Å². The number of nitrogens with zero attached hydrogens (tertiary/aromatic N) is 5. The third-order valence-corrected chi connectivity index (χ3v) is 5.47. The molecule has 2 aliphatic rings. The molecule has 0 bridgehead atoms. The van der Waals surface area contributed by atoms with Crippen molar-refractivity contribution in [3.8, 4) is 0 Å². The third-order valence-electron chi connectivity index (χ3n) is 5.47. The van der Waals surface area contributed by atoms with Crippen LogP contribution in [0.5, 0.6) is 0 Å². The van der Waals surface area contributed by atoms with Crippen molar-refractivity contribution in [1.29, 1.82) is 0 Å². The van der Waals surface area contributed by atoms with Gasteiger partial charge in [-0.2, -0.15) is 0 Å². The highest BCUT2D eigenvalue weighted by molar-refractivity contribution is 5.92. The van der Waals surface area contributed by atoms with Crippen LogP contribution in [0, 0.1) is 5.41 Å². The second-order valence-corrected chi connectivity index (χ2v) is 6.81. The van der Waals surface area contributed by atoms with Crippen LogP contribution >= 0.6 is 0 Å². The van der Waals surface area contributed by atoms with Gasteiger partial charge < -0.3 is 9.64 Å². The molecule has 1 atom stereocenters. The molecule has 4 rings (SSSR count). The predicted molar refractivity (Wildman–Crippen MR) is 89.7 cm³/mol. The van der Waals surface area contributed by atoms with Crippen molar-refractivity contribution >= 4 is 5.91 Å². The van der Waals surface area contributed by atoms with E-state index < -0.39 is 0 Å². The zero-order valence-electron chi connectivity index (χ0n) is 14.0. The molecule has 0 aliphatic carbocycles. The first-order valence-corrected chi connectivity index (χ1v) is 8.68. The Kier molecular flexibility index (Phi) is 4.40. The lowest BCUT2D eigenvalue weighted by atomic mass is 9.71. The lowest BCUT2D eigenvalue weighted by molar-refractivity contribution is 0.00960. The molecule has 4 heterocycles. The number of aromatic nitrogens is 4. The quantitative estimate of drug-likeness (QED) is 0.843. The molecule has 7 heteroatoms. The average molecular weight is 339 g/mol. The van der Waals surface area contributed by atoms with E-state index in [0.717, 1.165) is 50.9 Å². The van der Waals surface area contributed by atoms with Gasteiger partial charge in [0.05, 0.1) is 12.3 Å². The number of carbonyl (C=O) groups excluding carboxylic acids is 1. The summed E-state index contributed by atoms with van der Waals surface area (Å²) in [6.45, 7) is 2.26. The van der Waals surface area contributed by atoms with Gasteiger partial charge in [0.15, 0.2) is 0 Å². The van der Waals surface area contributed by atoms with Gasteiger partial charge in [-0.15, -0.1) is 0 Å². The van der Waals surface area contributed by atoms with Crippen molar-refractivity contribution in [1.82, 2.24) is 24.8 Å².